The number of carbonyl (C=O) groups is 2. The van der Waals surface area contributed by atoms with Gasteiger partial charge >= 0.3 is 0 Å². The second-order valence-electron chi connectivity index (χ2n) is 10.0. The summed E-state index contributed by atoms with van der Waals surface area (Å²) in [6.07, 6.45) is 2.44. The van der Waals surface area contributed by atoms with Gasteiger partial charge in [0.25, 0.3) is 0 Å². The Kier molecular flexibility index (Phi) is 6.23. The van der Waals surface area contributed by atoms with Crippen molar-refractivity contribution in [3.05, 3.63) is 76.5 Å². The predicted molar refractivity (Wildman–Crippen MR) is 127 cm³/mol. The Balaban J connectivity index is 1.59. The van der Waals surface area contributed by atoms with Crippen molar-refractivity contribution in [2.75, 3.05) is 6.61 Å². The van der Waals surface area contributed by atoms with E-state index in [0.29, 0.717) is 25.9 Å². The van der Waals surface area contributed by atoms with Crippen LogP contribution in [0.15, 0.2) is 59.8 Å². The molecule has 1 aliphatic carbocycles. The molecule has 2 aromatic rings. The second-order valence-corrected chi connectivity index (χ2v) is 10.0. The van der Waals surface area contributed by atoms with Crippen molar-refractivity contribution in [2.24, 2.45) is 0 Å². The number of amides is 1. The highest BCUT2D eigenvalue weighted by atomic mass is 16.5. The van der Waals surface area contributed by atoms with Gasteiger partial charge in [-0.05, 0) is 53.0 Å². The molecule has 0 aromatic heterocycles. The number of nitrogens with one attached hydrogen (secondary N) is 1. The third-order valence-electron chi connectivity index (χ3n) is 6.54. The quantitative estimate of drug-likeness (QED) is 0.653. The van der Waals surface area contributed by atoms with E-state index in [-0.39, 0.29) is 28.9 Å². The van der Waals surface area contributed by atoms with Gasteiger partial charge in [0.05, 0.1) is 6.61 Å². The van der Waals surface area contributed by atoms with Gasteiger partial charge in [0.1, 0.15) is 5.75 Å². The Morgan fingerprint density at radius 3 is 2.19 bits per heavy atom. The maximum Gasteiger partial charge on any atom is 0.225 e. The summed E-state index contributed by atoms with van der Waals surface area (Å²) in [6.45, 7) is 9.34. The summed E-state index contributed by atoms with van der Waals surface area (Å²) >= 11 is 0. The van der Waals surface area contributed by atoms with E-state index in [1.165, 1.54) is 5.56 Å². The van der Waals surface area contributed by atoms with Crippen molar-refractivity contribution in [1.82, 2.24) is 5.32 Å². The van der Waals surface area contributed by atoms with Crippen LogP contribution in [0.25, 0.3) is 0 Å². The number of ether oxygens (including phenoxy) is 1. The van der Waals surface area contributed by atoms with E-state index in [9.17, 15) is 9.59 Å². The average molecular weight is 432 g/mol. The maximum absolute atomic E-state index is 13.3. The zero-order chi connectivity index (χ0) is 22.9. The number of benzene rings is 2. The van der Waals surface area contributed by atoms with E-state index in [2.05, 4.69) is 57.3 Å². The summed E-state index contributed by atoms with van der Waals surface area (Å²) in [5, 5.41) is 3.02. The van der Waals surface area contributed by atoms with Crippen molar-refractivity contribution in [3.8, 4) is 5.75 Å². The van der Waals surface area contributed by atoms with Crippen molar-refractivity contribution >= 4 is 11.7 Å². The van der Waals surface area contributed by atoms with Crippen LogP contribution in [-0.2, 0) is 15.0 Å². The van der Waals surface area contributed by atoms with Crippen molar-refractivity contribution in [1.29, 1.82) is 0 Å². The SMILES string of the molecule is CCCOc1ccc(C2CC(=O)NC3=C2C(=O)CC(c2ccc(C(C)(C)C)cc2)C3)cc1. The molecule has 0 radical (unpaired) electrons. The molecule has 1 N–H and O–H groups in total. The van der Waals surface area contributed by atoms with Gasteiger partial charge in [0, 0.05) is 30.0 Å². The van der Waals surface area contributed by atoms with Crippen LogP contribution in [-0.4, -0.2) is 18.3 Å². The third-order valence-corrected chi connectivity index (χ3v) is 6.54. The largest absolute Gasteiger partial charge is 0.494 e. The fourth-order valence-electron chi connectivity index (χ4n) is 4.75. The van der Waals surface area contributed by atoms with Crippen LogP contribution in [0.1, 0.15) is 81.9 Å². The molecule has 0 fully saturated rings. The number of Topliss-reactive ketones (excluding diaryl/α,β-unsaturated/α-hetero) is 1. The molecule has 1 heterocycles. The van der Waals surface area contributed by atoms with Gasteiger partial charge in [-0.25, -0.2) is 0 Å². The van der Waals surface area contributed by atoms with Gasteiger partial charge in [-0.3, -0.25) is 9.59 Å². The molecule has 2 atom stereocenters. The molecule has 4 rings (SSSR count). The van der Waals surface area contributed by atoms with Crippen LogP contribution < -0.4 is 10.1 Å². The lowest BCUT2D eigenvalue weighted by molar-refractivity contribution is -0.122. The van der Waals surface area contributed by atoms with E-state index in [1.54, 1.807) is 0 Å². The summed E-state index contributed by atoms with van der Waals surface area (Å²) in [7, 11) is 0. The molecule has 1 aliphatic heterocycles. The molecule has 0 saturated heterocycles. The molecule has 0 bridgehead atoms. The Morgan fingerprint density at radius 2 is 1.56 bits per heavy atom. The monoisotopic (exact) mass is 431 g/mol. The molecule has 168 valence electrons. The lowest BCUT2D eigenvalue weighted by Gasteiger charge is -2.34. The predicted octanol–water partition coefficient (Wildman–Crippen LogP) is 5.78. The van der Waals surface area contributed by atoms with Crippen molar-refractivity contribution in [3.63, 3.8) is 0 Å². The van der Waals surface area contributed by atoms with Gasteiger partial charge in [-0.1, -0.05) is 64.1 Å². The Morgan fingerprint density at radius 1 is 0.906 bits per heavy atom. The van der Waals surface area contributed by atoms with Gasteiger partial charge in [0.2, 0.25) is 5.91 Å². The molecule has 0 saturated carbocycles. The molecule has 2 unspecified atom stereocenters. The Hall–Kier alpha value is -2.88. The minimum absolute atomic E-state index is 0.0170. The van der Waals surface area contributed by atoms with Gasteiger partial charge in [0.15, 0.2) is 5.78 Å². The summed E-state index contributed by atoms with van der Waals surface area (Å²) < 4.78 is 5.68. The summed E-state index contributed by atoms with van der Waals surface area (Å²) in [5.41, 5.74) is 5.12. The molecule has 1 amide bonds. The first kappa shape index (κ1) is 22.3. The normalized spacial score (nSPS) is 21.2. The van der Waals surface area contributed by atoms with E-state index < -0.39 is 0 Å². The zero-order valence-corrected chi connectivity index (χ0v) is 19.5. The number of hydrogen-bond acceptors (Lipinski definition) is 3. The molecule has 0 spiro atoms. The van der Waals surface area contributed by atoms with Crippen LogP contribution in [0.5, 0.6) is 5.75 Å². The molecular weight excluding hydrogens is 398 g/mol. The summed E-state index contributed by atoms with van der Waals surface area (Å²) in [4.78, 5) is 25.8. The fourth-order valence-corrected chi connectivity index (χ4v) is 4.75. The number of rotatable bonds is 5. The molecule has 4 heteroatoms. The zero-order valence-electron chi connectivity index (χ0n) is 19.5. The summed E-state index contributed by atoms with van der Waals surface area (Å²) in [5.74, 6) is 0.859. The Bertz CT molecular complexity index is 1030. The third kappa shape index (κ3) is 4.64. The van der Waals surface area contributed by atoms with E-state index in [4.69, 9.17) is 4.74 Å². The number of carbonyl (C=O) groups excluding carboxylic acids is 2. The minimum Gasteiger partial charge on any atom is -0.494 e. The highest BCUT2D eigenvalue weighted by Gasteiger charge is 2.38. The average Bonchev–Trinajstić information content (AvgIpc) is 2.76. The highest BCUT2D eigenvalue weighted by Crippen LogP contribution is 2.43. The molecular formula is C28H33NO3. The molecule has 4 nitrogen and oxygen atoms in total. The highest BCUT2D eigenvalue weighted by molar-refractivity contribution is 6.02. The minimum atomic E-state index is -0.185. The van der Waals surface area contributed by atoms with E-state index >= 15 is 0 Å². The first-order chi connectivity index (χ1) is 15.3. The van der Waals surface area contributed by atoms with E-state index in [1.807, 2.05) is 24.3 Å². The van der Waals surface area contributed by atoms with Gasteiger partial charge in [-0.2, -0.15) is 0 Å². The van der Waals surface area contributed by atoms with Gasteiger partial charge < -0.3 is 10.1 Å². The first-order valence-electron chi connectivity index (χ1n) is 11.7. The van der Waals surface area contributed by atoms with Crippen LogP contribution >= 0.6 is 0 Å². The summed E-state index contributed by atoms with van der Waals surface area (Å²) in [6, 6.07) is 16.5. The number of ketones is 1. The first-order valence-corrected chi connectivity index (χ1v) is 11.7. The topological polar surface area (TPSA) is 55.4 Å². The van der Waals surface area contributed by atoms with Crippen LogP contribution in [0, 0.1) is 0 Å². The number of allylic oxidation sites excluding steroid dienone is 2. The van der Waals surface area contributed by atoms with E-state index in [0.717, 1.165) is 34.6 Å². The molecule has 32 heavy (non-hydrogen) atoms. The number of hydrogen-bond donors (Lipinski definition) is 1. The standard InChI is InChI=1S/C28H33NO3/c1-5-14-32-22-12-8-19(9-13-22)23-17-26(31)29-24-15-20(16-25(30)27(23)24)18-6-10-21(11-7-18)28(2,3)4/h6-13,20,23H,5,14-17H2,1-4H3,(H,29,31). The van der Waals surface area contributed by atoms with Gasteiger partial charge in [-0.15, -0.1) is 0 Å². The second kappa shape index (κ2) is 8.93. The molecule has 2 aliphatic rings. The van der Waals surface area contributed by atoms with Crippen LogP contribution in [0.2, 0.25) is 0 Å². The maximum atomic E-state index is 13.3. The smallest absolute Gasteiger partial charge is 0.225 e. The fraction of sp³-hybridized carbons (Fsp3) is 0.429. The lowest BCUT2D eigenvalue weighted by Crippen LogP contribution is -2.38. The van der Waals surface area contributed by atoms with Crippen molar-refractivity contribution in [2.45, 2.75) is 70.6 Å². The lowest BCUT2D eigenvalue weighted by atomic mass is 9.73. The van der Waals surface area contributed by atoms with Crippen LogP contribution in [0.3, 0.4) is 0 Å². The van der Waals surface area contributed by atoms with Crippen molar-refractivity contribution < 1.29 is 14.3 Å². The van der Waals surface area contributed by atoms with Crippen LogP contribution in [0.4, 0.5) is 0 Å². The molecule has 2 aromatic carbocycles. The Labute approximate surface area is 191 Å².